The molecule has 0 saturated carbocycles. The summed E-state index contributed by atoms with van der Waals surface area (Å²) in [7, 11) is 0. The smallest absolute Gasteiger partial charge is 0.289 e. The molecule has 2 heterocycles. The number of phenols is 2. The number of fused-ring (bicyclic) bond motifs is 5. The first kappa shape index (κ1) is 28.1. The minimum Gasteiger partial charge on any atom is -0.507 e. The molecule has 2 amide bonds. The summed E-state index contributed by atoms with van der Waals surface area (Å²) in [5.41, 5.74) is 6.94. The average molecular weight is 605 g/mol. The lowest BCUT2D eigenvalue weighted by molar-refractivity contribution is 0.0942. The van der Waals surface area contributed by atoms with Crippen molar-refractivity contribution in [3.8, 4) is 11.5 Å². The van der Waals surface area contributed by atoms with Gasteiger partial charge in [-0.25, -0.2) is 20.8 Å². The van der Waals surface area contributed by atoms with Gasteiger partial charge in [0.1, 0.15) is 22.9 Å². The Morgan fingerprint density at radius 3 is 1.37 bits per heavy atom. The minimum atomic E-state index is -0.560. The summed E-state index contributed by atoms with van der Waals surface area (Å²) in [5, 5.41) is 33.7. The van der Waals surface area contributed by atoms with Gasteiger partial charge in [-0.3, -0.25) is 9.59 Å². The third kappa shape index (κ3) is 5.31. The molecule has 0 unspecified atom stereocenters. The Labute approximate surface area is 261 Å². The van der Waals surface area contributed by atoms with E-state index in [1.807, 2.05) is 60.7 Å². The van der Waals surface area contributed by atoms with E-state index >= 15 is 0 Å². The maximum atomic E-state index is 13.0. The maximum absolute atomic E-state index is 13.0. The van der Waals surface area contributed by atoms with Crippen molar-refractivity contribution in [1.82, 2.24) is 20.8 Å². The van der Waals surface area contributed by atoms with E-state index in [0.29, 0.717) is 22.2 Å². The number of hydrazone groups is 2. The highest BCUT2D eigenvalue weighted by atomic mass is 16.3. The number of hydrogen-bond donors (Lipinski definition) is 4. The number of pyridine rings is 2. The molecule has 7 rings (SSSR count). The maximum Gasteiger partial charge on any atom is 0.289 e. The van der Waals surface area contributed by atoms with Crippen LogP contribution in [0.25, 0.3) is 43.4 Å². The van der Waals surface area contributed by atoms with Gasteiger partial charge in [0.15, 0.2) is 0 Å². The van der Waals surface area contributed by atoms with Crippen LogP contribution in [0.15, 0.2) is 119 Å². The van der Waals surface area contributed by atoms with Crippen LogP contribution in [-0.4, -0.2) is 44.4 Å². The number of aromatic nitrogens is 2. The van der Waals surface area contributed by atoms with Crippen LogP contribution in [0.3, 0.4) is 0 Å². The van der Waals surface area contributed by atoms with E-state index in [0.717, 1.165) is 32.3 Å². The number of hydrogen-bond acceptors (Lipinski definition) is 8. The van der Waals surface area contributed by atoms with Crippen molar-refractivity contribution in [2.45, 2.75) is 0 Å². The van der Waals surface area contributed by atoms with Gasteiger partial charge in [0.25, 0.3) is 11.8 Å². The Balaban J connectivity index is 1.13. The van der Waals surface area contributed by atoms with Crippen LogP contribution in [0.5, 0.6) is 11.5 Å². The molecule has 10 nitrogen and oxygen atoms in total. The largest absolute Gasteiger partial charge is 0.507 e. The van der Waals surface area contributed by atoms with Crippen LogP contribution in [0.2, 0.25) is 0 Å². The fourth-order valence-electron chi connectivity index (χ4n) is 5.29. The predicted octanol–water partition coefficient (Wildman–Crippen LogP) is 6.03. The quantitative estimate of drug-likeness (QED) is 0.103. The first-order valence-corrected chi connectivity index (χ1v) is 14.2. The van der Waals surface area contributed by atoms with E-state index < -0.39 is 11.8 Å². The van der Waals surface area contributed by atoms with E-state index in [4.69, 9.17) is 0 Å². The van der Waals surface area contributed by atoms with Gasteiger partial charge in [-0.05, 0) is 45.8 Å². The van der Waals surface area contributed by atoms with E-state index in [1.165, 1.54) is 12.4 Å². The average Bonchev–Trinajstić information content (AvgIpc) is 3.09. The number of amides is 2. The Morgan fingerprint density at radius 2 is 0.913 bits per heavy atom. The van der Waals surface area contributed by atoms with Crippen LogP contribution in [0, 0.1) is 0 Å². The molecular weight excluding hydrogens is 580 g/mol. The Kier molecular flexibility index (Phi) is 7.20. The van der Waals surface area contributed by atoms with Crippen molar-refractivity contribution >= 4 is 67.6 Å². The highest BCUT2D eigenvalue weighted by Crippen LogP contribution is 2.27. The number of carbonyl (C=O) groups is 2. The number of benzene rings is 5. The van der Waals surface area contributed by atoms with Crippen LogP contribution < -0.4 is 10.9 Å². The second-order valence-electron chi connectivity index (χ2n) is 10.4. The molecule has 0 saturated heterocycles. The van der Waals surface area contributed by atoms with Gasteiger partial charge in [-0.2, -0.15) is 10.2 Å². The normalized spacial score (nSPS) is 11.7. The molecule has 222 valence electrons. The Morgan fingerprint density at radius 1 is 0.522 bits per heavy atom. The molecule has 0 aliphatic carbocycles. The van der Waals surface area contributed by atoms with Crippen LogP contribution in [0.4, 0.5) is 0 Å². The topological polar surface area (TPSA) is 149 Å². The molecular formula is C36H24N6O4. The van der Waals surface area contributed by atoms with Gasteiger partial charge in [-0.15, -0.1) is 0 Å². The summed E-state index contributed by atoms with van der Waals surface area (Å²) < 4.78 is 0. The molecule has 2 aromatic heterocycles. The molecule has 46 heavy (non-hydrogen) atoms. The fourth-order valence-corrected chi connectivity index (χ4v) is 5.29. The number of rotatable bonds is 6. The summed E-state index contributed by atoms with van der Waals surface area (Å²) >= 11 is 0. The molecule has 0 spiro atoms. The fraction of sp³-hybridized carbons (Fsp3) is 0. The second-order valence-corrected chi connectivity index (χ2v) is 10.4. The number of aromatic hydroxyl groups is 2. The van der Waals surface area contributed by atoms with E-state index in [2.05, 4.69) is 31.0 Å². The lowest BCUT2D eigenvalue weighted by Crippen LogP contribution is -2.19. The predicted molar refractivity (Wildman–Crippen MR) is 178 cm³/mol. The number of nitrogens with zero attached hydrogens (tertiary/aromatic N) is 4. The molecule has 0 aliphatic heterocycles. The van der Waals surface area contributed by atoms with Crippen molar-refractivity contribution in [3.05, 3.63) is 132 Å². The van der Waals surface area contributed by atoms with Gasteiger partial charge in [-0.1, -0.05) is 84.9 Å². The minimum absolute atomic E-state index is 0.0373. The standard InChI is InChI=1S/C36H24N6O4/c43-31-17-13-21-5-1-3-7-25(21)27(31)19-37-41-35(45)29-15-11-23-9-10-24-12-16-30(40-34(24)33(23)39-29)36(46)42-38-20-28-26-8-4-2-6-22(26)14-18-32(28)44/h1-20,43-44H,(H,41,45)(H,42,46)/b37-19+,38-20+. The summed E-state index contributed by atoms with van der Waals surface area (Å²) in [4.78, 5) is 35.1. The van der Waals surface area contributed by atoms with E-state index in [1.54, 1.807) is 48.5 Å². The summed E-state index contributed by atoms with van der Waals surface area (Å²) in [6.07, 6.45) is 2.78. The van der Waals surface area contributed by atoms with Crippen molar-refractivity contribution in [2.75, 3.05) is 0 Å². The number of phenolic OH excluding ortho intramolecular Hbond substituents is 2. The molecule has 0 radical (unpaired) electrons. The van der Waals surface area contributed by atoms with Gasteiger partial charge in [0.05, 0.1) is 23.5 Å². The van der Waals surface area contributed by atoms with Crippen LogP contribution >= 0.6 is 0 Å². The van der Waals surface area contributed by atoms with Crippen molar-refractivity contribution in [3.63, 3.8) is 0 Å². The zero-order chi connectivity index (χ0) is 31.6. The lowest BCUT2D eigenvalue weighted by Gasteiger charge is -2.07. The summed E-state index contributed by atoms with van der Waals surface area (Å²) in [5.74, 6) is -1.05. The monoisotopic (exact) mass is 604 g/mol. The van der Waals surface area contributed by atoms with Crippen LogP contribution in [-0.2, 0) is 0 Å². The summed E-state index contributed by atoms with van der Waals surface area (Å²) in [6, 6.07) is 32.2. The number of nitrogens with one attached hydrogen (secondary N) is 2. The molecule has 0 aliphatic rings. The third-order valence-corrected chi connectivity index (χ3v) is 7.60. The van der Waals surface area contributed by atoms with Crippen LogP contribution in [0.1, 0.15) is 32.1 Å². The van der Waals surface area contributed by atoms with Crippen molar-refractivity contribution in [1.29, 1.82) is 0 Å². The molecule has 7 aromatic rings. The molecule has 0 fully saturated rings. The molecule has 10 heteroatoms. The highest BCUT2D eigenvalue weighted by Gasteiger charge is 2.14. The Hall–Kier alpha value is -6.68. The SMILES string of the molecule is O=C(N/N=C/c1c(O)ccc2ccccc12)c1ccc2ccc3ccc(C(=O)N/N=C/c4c(O)ccc5ccccc45)nc3c2n1. The van der Waals surface area contributed by atoms with Crippen molar-refractivity contribution < 1.29 is 19.8 Å². The summed E-state index contributed by atoms with van der Waals surface area (Å²) in [6.45, 7) is 0. The van der Waals surface area contributed by atoms with Gasteiger partial charge in [0, 0.05) is 21.9 Å². The van der Waals surface area contributed by atoms with Crippen molar-refractivity contribution in [2.24, 2.45) is 10.2 Å². The molecule has 0 bridgehead atoms. The third-order valence-electron chi connectivity index (χ3n) is 7.60. The van der Waals surface area contributed by atoms with Gasteiger partial charge >= 0.3 is 0 Å². The molecule has 5 aromatic carbocycles. The lowest BCUT2D eigenvalue weighted by atomic mass is 10.0. The zero-order valence-electron chi connectivity index (χ0n) is 24.0. The highest BCUT2D eigenvalue weighted by molar-refractivity contribution is 6.07. The van der Waals surface area contributed by atoms with E-state index in [9.17, 15) is 19.8 Å². The second kappa shape index (κ2) is 11.8. The first-order chi connectivity index (χ1) is 22.5. The van der Waals surface area contributed by atoms with E-state index in [-0.39, 0.29) is 22.9 Å². The number of carbonyl (C=O) groups excluding carboxylic acids is 2. The Bertz CT molecular complexity index is 2240. The first-order valence-electron chi connectivity index (χ1n) is 14.2. The molecule has 0 atom stereocenters. The molecule has 4 N–H and O–H groups in total. The zero-order valence-corrected chi connectivity index (χ0v) is 24.0. The van der Waals surface area contributed by atoms with Gasteiger partial charge < -0.3 is 10.2 Å². The van der Waals surface area contributed by atoms with Gasteiger partial charge in [0.2, 0.25) is 0 Å².